The number of benzene rings is 3. The molecule has 0 bridgehead atoms. The lowest BCUT2D eigenvalue weighted by Gasteiger charge is -2.22. The average Bonchev–Trinajstić information content (AvgIpc) is 2.82. The number of rotatable bonds is 8. The van der Waals surface area contributed by atoms with E-state index in [1.54, 1.807) is 36.1 Å². The van der Waals surface area contributed by atoms with Gasteiger partial charge in [-0.15, -0.1) is 0 Å². The summed E-state index contributed by atoms with van der Waals surface area (Å²) in [4.78, 5) is 27.1. The molecule has 0 radical (unpaired) electrons. The van der Waals surface area contributed by atoms with Crippen molar-refractivity contribution in [2.45, 2.75) is 13.5 Å². The van der Waals surface area contributed by atoms with Crippen LogP contribution in [0.4, 0.5) is 16.2 Å². The molecule has 0 spiro atoms. The molecule has 0 heterocycles. The standard InChI is InChI=1S/C27H28N2O4/c1-4-33-27(32)29(25-7-5-6-20(18-25)10-17-26(30)31)19-21-8-11-22(12-9-21)23-13-15-24(16-14-23)28(2)3/h5-18H,4,19H2,1-3H3,(H,30,31). The molecular weight excluding hydrogens is 416 g/mol. The average molecular weight is 445 g/mol. The molecule has 3 rings (SSSR count). The molecule has 0 saturated heterocycles. The van der Waals surface area contributed by atoms with Gasteiger partial charge in [0.25, 0.3) is 0 Å². The second-order valence-electron chi connectivity index (χ2n) is 7.69. The third kappa shape index (κ3) is 6.46. The molecule has 6 heteroatoms. The molecule has 0 aliphatic carbocycles. The highest BCUT2D eigenvalue weighted by Gasteiger charge is 2.18. The van der Waals surface area contributed by atoms with Crippen molar-refractivity contribution in [3.05, 3.63) is 90.0 Å². The Bertz CT molecular complexity index is 1120. The fraction of sp³-hybridized carbons (Fsp3) is 0.185. The number of anilines is 2. The molecule has 0 atom stereocenters. The van der Waals surface area contributed by atoms with Gasteiger partial charge >= 0.3 is 12.1 Å². The van der Waals surface area contributed by atoms with Gasteiger partial charge in [0.2, 0.25) is 0 Å². The quantitative estimate of drug-likeness (QED) is 0.453. The minimum Gasteiger partial charge on any atom is -0.478 e. The maximum absolute atomic E-state index is 12.7. The lowest BCUT2D eigenvalue weighted by atomic mass is 10.0. The maximum Gasteiger partial charge on any atom is 0.414 e. The number of hydrogen-bond donors (Lipinski definition) is 1. The summed E-state index contributed by atoms with van der Waals surface area (Å²) < 4.78 is 5.26. The van der Waals surface area contributed by atoms with E-state index in [1.807, 2.05) is 38.4 Å². The van der Waals surface area contributed by atoms with Crippen molar-refractivity contribution in [3.8, 4) is 11.1 Å². The van der Waals surface area contributed by atoms with Gasteiger partial charge in [-0.2, -0.15) is 0 Å². The monoisotopic (exact) mass is 444 g/mol. The second kappa shape index (κ2) is 11.0. The molecule has 170 valence electrons. The Morgan fingerprint density at radius 2 is 1.55 bits per heavy atom. The molecule has 33 heavy (non-hydrogen) atoms. The first-order chi connectivity index (χ1) is 15.9. The number of carboxylic acids is 1. The van der Waals surface area contributed by atoms with E-state index in [0.717, 1.165) is 28.5 Å². The lowest BCUT2D eigenvalue weighted by Crippen LogP contribution is -2.31. The first-order valence-electron chi connectivity index (χ1n) is 10.7. The highest BCUT2D eigenvalue weighted by atomic mass is 16.6. The zero-order valence-electron chi connectivity index (χ0n) is 19.1. The van der Waals surface area contributed by atoms with Crippen molar-refractivity contribution in [1.29, 1.82) is 0 Å². The van der Waals surface area contributed by atoms with Gasteiger partial charge in [-0.05, 0) is 59.5 Å². The summed E-state index contributed by atoms with van der Waals surface area (Å²) in [5.41, 5.74) is 5.61. The van der Waals surface area contributed by atoms with Gasteiger partial charge in [0, 0.05) is 31.5 Å². The van der Waals surface area contributed by atoms with Crippen LogP contribution in [0.5, 0.6) is 0 Å². The summed E-state index contributed by atoms with van der Waals surface area (Å²) in [5.74, 6) is -1.03. The van der Waals surface area contributed by atoms with Gasteiger partial charge in [0.05, 0.1) is 13.2 Å². The van der Waals surface area contributed by atoms with Crippen LogP contribution >= 0.6 is 0 Å². The lowest BCUT2D eigenvalue weighted by molar-refractivity contribution is -0.131. The fourth-order valence-corrected chi connectivity index (χ4v) is 3.36. The van der Waals surface area contributed by atoms with Gasteiger partial charge in [-0.1, -0.05) is 48.5 Å². The molecule has 0 saturated carbocycles. The second-order valence-corrected chi connectivity index (χ2v) is 7.69. The summed E-state index contributed by atoms with van der Waals surface area (Å²) >= 11 is 0. The Labute approximate surface area is 194 Å². The Balaban J connectivity index is 1.83. The van der Waals surface area contributed by atoms with Crippen molar-refractivity contribution in [1.82, 2.24) is 0 Å². The van der Waals surface area contributed by atoms with Gasteiger partial charge < -0.3 is 14.7 Å². The van der Waals surface area contributed by atoms with E-state index in [2.05, 4.69) is 29.2 Å². The molecule has 3 aromatic rings. The predicted octanol–water partition coefficient (Wildman–Crippen LogP) is 5.68. The van der Waals surface area contributed by atoms with Crippen LogP contribution in [0, 0.1) is 0 Å². The normalized spacial score (nSPS) is 10.8. The molecule has 0 aliphatic heterocycles. The maximum atomic E-state index is 12.7. The molecular formula is C27H28N2O4. The predicted molar refractivity (Wildman–Crippen MR) is 133 cm³/mol. The molecule has 0 aliphatic rings. The van der Waals surface area contributed by atoms with Crippen LogP contribution < -0.4 is 9.80 Å². The van der Waals surface area contributed by atoms with Crippen LogP contribution in [-0.4, -0.2) is 37.9 Å². The summed E-state index contributed by atoms with van der Waals surface area (Å²) in [6.45, 7) is 2.35. The third-order valence-corrected chi connectivity index (χ3v) is 5.10. The Morgan fingerprint density at radius 1 is 0.909 bits per heavy atom. The Hall–Kier alpha value is -4.06. The van der Waals surface area contributed by atoms with Crippen molar-refractivity contribution in [2.75, 3.05) is 30.5 Å². The zero-order chi connectivity index (χ0) is 23.8. The van der Waals surface area contributed by atoms with Crippen molar-refractivity contribution in [3.63, 3.8) is 0 Å². The molecule has 3 aromatic carbocycles. The number of ether oxygens (including phenoxy) is 1. The van der Waals surface area contributed by atoms with Crippen molar-refractivity contribution < 1.29 is 19.4 Å². The smallest absolute Gasteiger partial charge is 0.414 e. The summed E-state index contributed by atoms with van der Waals surface area (Å²) in [5, 5.41) is 8.88. The molecule has 0 aromatic heterocycles. The number of amides is 1. The van der Waals surface area contributed by atoms with E-state index in [0.29, 0.717) is 17.8 Å². The first-order valence-corrected chi connectivity index (χ1v) is 10.7. The van der Waals surface area contributed by atoms with E-state index in [-0.39, 0.29) is 6.61 Å². The topological polar surface area (TPSA) is 70.1 Å². The largest absolute Gasteiger partial charge is 0.478 e. The van der Waals surface area contributed by atoms with Gasteiger partial charge in [-0.3, -0.25) is 4.90 Å². The number of hydrogen-bond acceptors (Lipinski definition) is 4. The van der Waals surface area contributed by atoms with Crippen LogP contribution in [0.15, 0.2) is 78.9 Å². The van der Waals surface area contributed by atoms with Crippen LogP contribution in [-0.2, 0) is 16.1 Å². The van der Waals surface area contributed by atoms with Crippen LogP contribution in [0.25, 0.3) is 17.2 Å². The van der Waals surface area contributed by atoms with Crippen LogP contribution in [0.3, 0.4) is 0 Å². The van der Waals surface area contributed by atoms with Gasteiger partial charge in [0.15, 0.2) is 0 Å². The minimum absolute atomic E-state index is 0.260. The van der Waals surface area contributed by atoms with Crippen molar-refractivity contribution in [2.24, 2.45) is 0 Å². The van der Waals surface area contributed by atoms with Gasteiger partial charge in [0.1, 0.15) is 0 Å². The summed E-state index contributed by atoms with van der Waals surface area (Å²) in [6.07, 6.45) is 2.10. The molecule has 0 unspecified atom stereocenters. The SMILES string of the molecule is CCOC(=O)N(Cc1ccc(-c2ccc(N(C)C)cc2)cc1)c1cccc(C=CC(=O)O)c1. The van der Waals surface area contributed by atoms with Crippen LogP contribution in [0.1, 0.15) is 18.1 Å². The van der Waals surface area contributed by atoms with Crippen molar-refractivity contribution >= 4 is 29.5 Å². The highest BCUT2D eigenvalue weighted by molar-refractivity contribution is 5.89. The van der Waals surface area contributed by atoms with Crippen LogP contribution in [0.2, 0.25) is 0 Å². The third-order valence-electron chi connectivity index (χ3n) is 5.10. The number of carbonyl (C=O) groups excluding carboxylic acids is 1. The molecule has 0 fully saturated rings. The minimum atomic E-state index is -1.03. The number of carboxylic acid groups (broad SMARTS) is 1. The zero-order valence-corrected chi connectivity index (χ0v) is 19.1. The van der Waals surface area contributed by atoms with E-state index < -0.39 is 12.1 Å². The highest BCUT2D eigenvalue weighted by Crippen LogP contribution is 2.25. The molecule has 1 N–H and O–H groups in total. The van der Waals surface area contributed by atoms with E-state index in [1.165, 1.54) is 6.08 Å². The number of nitrogens with zero attached hydrogens (tertiary/aromatic N) is 2. The first kappa shape index (κ1) is 23.6. The van der Waals surface area contributed by atoms with E-state index >= 15 is 0 Å². The number of carbonyl (C=O) groups is 2. The fourth-order valence-electron chi connectivity index (χ4n) is 3.36. The number of aliphatic carboxylic acids is 1. The summed E-state index contributed by atoms with van der Waals surface area (Å²) in [6, 6.07) is 23.5. The Kier molecular flexibility index (Phi) is 7.86. The molecule has 6 nitrogen and oxygen atoms in total. The van der Waals surface area contributed by atoms with Gasteiger partial charge in [-0.25, -0.2) is 9.59 Å². The summed E-state index contributed by atoms with van der Waals surface area (Å²) in [7, 11) is 4.02. The van der Waals surface area contributed by atoms with E-state index in [9.17, 15) is 9.59 Å². The Morgan fingerprint density at radius 3 is 2.12 bits per heavy atom. The van der Waals surface area contributed by atoms with E-state index in [4.69, 9.17) is 9.84 Å². The molecule has 1 amide bonds.